The molecule has 0 aromatic carbocycles. The molecule has 3 heterocycles. The van der Waals surface area contributed by atoms with E-state index in [-0.39, 0.29) is 17.9 Å². The van der Waals surface area contributed by atoms with Gasteiger partial charge in [0.1, 0.15) is 11.7 Å². The lowest BCUT2D eigenvalue weighted by atomic mass is 10.1. The zero-order valence-electron chi connectivity index (χ0n) is 12.3. The predicted molar refractivity (Wildman–Crippen MR) is 79.1 cm³/mol. The van der Waals surface area contributed by atoms with Gasteiger partial charge in [-0.3, -0.25) is 9.59 Å². The first-order chi connectivity index (χ1) is 10.2. The molecule has 0 radical (unpaired) electrons. The number of rotatable bonds is 3. The molecule has 114 valence electrons. The van der Waals surface area contributed by atoms with E-state index in [1.807, 2.05) is 18.3 Å². The lowest BCUT2D eigenvalue weighted by Gasteiger charge is -2.26. The van der Waals surface area contributed by atoms with Gasteiger partial charge in [0.05, 0.1) is 0 Å². The lowest BCUT2D eigenvalue weighted by molar-refractivity contribution is -0.128. The number of nitrogens with one attached hydrogen (secondary N) is 2. The quantitative estimate of drug-likeness (QED) is 0.845. The molecule has 2 N–H and O–H groups in total. The molecular formula is C15H22N4O2. The molecule has 0 aliphatic carbocycles. The summed E-state index contributed by atoms with van der Waals surface area (Å²) in [4.78, 5) is 26.0. The summed E-state index contributed by atoms with van der Waals surface area (Å²) in [5.41, 5.74) is 0.657. The van der Waals surface area contributed by atoms with Crippen LogP contribution >= 0.6 is 0 Å². The van der Waals surface area contributed by atoms with Crippen LogP contribution in [-0.2, 0) is 4.79 Å². The Morgan fingerprint density at radius 1 is 1.33 bits per heavy atom. The van der Waals surface area contributed by atoms with Crippen molar-refractivity contribution in [3.63, 3.8) is 0 Å². The SMILES string of the molecule is CN1CCC(NC(=O)c2cccn2C2CCNCC2)C1=O. The van der Waals surface area contributed by atoms with Gasteiger partial charge in [0, 0.05) is 25.8 Å². The Kier molecular flexibility index (Phi) is 3.96. The van der Waals surface area contributed by atoms with Crippen molar-refractivity contribution in [3.05, 3.63) is 24.0 Å². The molecule has 2 amide bonds. The number of likely N-dealkylation sites (tertiary alicyclic amines) is 1. The maximum absolute atomic E-state index is 12.5. The molecule has 0 bridgehead atoms. The molecule has 1 aromatic rings. The van der Waals surface area contributed by atoms with Crippen LogP contribution in [0.1, 0.15) is 35.8 Å². The van der Waals surface area contributed by atoms with Gasteiger partial charge in [0.25, 0.3) is 5.91 Å². The molecule has 21 heavy (non-hydrogen) atoms. The van der Waals surface area contributed by atoms with Crippen molar-refractivity contribution in [2.24, 2.45) is 0 Å². The molecule has 3 rings (SSSR count). The monoisotopic (exact) mass is 290 g/mol. The van der Waals surface area contributed by atoms with Gasteiger partial charge in [-0.15, -0.1) is 0 Å². The van der Waals surface area contributed by atoms with Gasteiger partial charge in [0.2, 0.25) is 5.91 Å². The Balaban J connectivity index is 1.70. The van der Waals surface area contributed by atoms with Crippen molar-refractivity contribution >= 4 is 11.8 Å². The van der Waals surface area contributed by atoms with Gasteiger partial charge in [0.15, 0.2) is 0 Å². The average Bonchev–Trinajstić information content (AvgIpc) is 3.10. The minimum atomic E-state index is -0.376. The third-order valence-corrected chi connectivity index (χ3v) is 4.45. The first-order valence-electron chi connectivity index (χ1n) is 7.60. The summed E-state index contributed by atoms with van der Waals surface area (Å²) in [5, 5.41) is 6.21. The van der Waals surface area contributed by atoms with Crippen LogP contribution in [0.4, 0.5) is 0 Å². The summed E-state index contributed by atoms with van der Waals surface area (Å²) in [6, 6.07) is 3.72. The average molecular weight is 290 g/mol. The van der Waals surface area contributed by atoms with Crippen molar-refractivity contribution in [1.29, 1.82) is 0 Å². The van der Waals surface area contributed by atoms with E-state index in [9.17, 15) is 9.59 Å². The van der Waals surface area contributed by atoms with Crippen LogP contribution in [0.15, 0.2) is 18.3 Å². The molecule has 1 unspecified atom stereocenters. The fourth-order valence-corrected chi connectivity index (χ4v) is 3.18. The molecule has 6 nitrogen and oxygen atoms in total. The summed E-state index contributed by atoms with van der Waals surface area (Å²) >= 11 is 0. The Hall–Kier alpha value is -1.82. The molecule has 1 atom stereocenters. The second-order valence-corrected chi connectivity index (χ2v) is 5.86. The van der Waals surface area contributed by atoms with Gasteiger partial charge in [-0.1, -0.05) is 0 Å². The first-order valence-corrected chi connectivity index (χ1v) is 7.60. The zero-order chi connectivity index (χ0) is 14.8. The van der Waals surface area contributed by atoms with Crippen LogP contribution in [0.3, 0.4) is 0 Å². The number of nitrogens with zero attached hydrogens (tertiary/aromatic N) is 2. The number of carbonyl (C=O) groups excluding carboxylic acids is 2. The van der Waals surface area contributed by atoms with Gasteiger partial charge >= 0.3 is 0 Å². The number of aromatic nitrogens is 1. The summed E-state index contributed by atoms with van der Waals surface area (Å²) in [6.45, 7) is 2.67. The van der Waals surface area contributed by atoms with Crippen LogP contribution in [0.5, 0.6) is 0 Å². The van der Waals surface area contributed by atoms with Crippen molar-refractivity contribution < 1.29 is 9.59 Å². The van der Waals surface area contributed by atoms with Crippen LogP contribution < -0.4 is 10.6 Å². The van der Waals surface area contributed by atoms with Gasteiger partial charge in [-0.05, 0) is 44.5 Å². The molecular weight excluding hydrogens is 268 g/mol. The first kappa shape index (κ1) is 14.1. The second kappa shape index (κ2) is 5.89. The Bertz CT molecular complexity index is 534. The van der Waals surface area contributed by atoms with E-state index >= 15 is 0 Å². The van der Waals surface area contributed by atoms with Gasteiger partial charge in [-0.25, -0.2) is 0 Å². The maximum atomic E-state index is 12.5. The highest BCUT2D eigenvalue weighted by molar-refractivity contribution is 5.97. The summed E-state index contributed by atoms with van der Waals surface area (Å²) in [5.74, 6) is -0.143. The molecule has 0 spiro atoms. The van der Waals surface area contributed by atoms with Crippen LogP contribution in [0.25, 0.3) is 0 Å². The smallest absolute Gasteiger partial charge is 0.268 e. The van der Waals surface area contributed by atoms with Crippen LogP contribution in [0.2, 0.25) is 0 Å². The molecule has 2 aliphatic rings. The number of hydrogen-bond acceptors (Lipinski definition) is 3. The summed E-state index contributed by atoms with van der Waals surface area (Å²) < 4.78 is 2.05. The summed E-state index contributed by atoms with van der Waals surface area (Å²) in [7, 11) is 1.77. The van der Waals surface area contributed by atoms with Crippen LogP contribution in [-0.4, -0.2) is 54.0 Å². The highest BCUT2D eigenvalue weighted by Crippen LogP contribution is 2.21. The van der Waals surface area contributed by atoms with E-state index in [0.717, 1.165) is 25.9 Å². The molecule has 0 saturated carbocycles. The summed E-state index contributed by atoms with van der Waals surface area (Å²) in [6.07, 6.45) is 4.71. The highest BCUT2D eigenvalue weighted by atomic mass is 16.2. The standard InChI is InChI=1S/C15H22N4O2/c1-18-10-6-12(15(18)21)17-14(20)13-3-2-9-19(13)11-4-7-16-8-5-11/h2-3,9,11-12,16H,4-8,10H2,1H3,(H,17,20). The van der Waals surface area contributed by atoms with E-state index in [4.69, 9.17) is 0 Å². The molecule has 2 saturated heterocycles. The molecule has 6 heteroatoms. The van der Waals surface area contributed by atoms with Gasteiger partial charge in [-0.2, -0.15) is 0 Å². The predicted octanol–water partition coefficient (Wildman–Crippen LogP) is 0.373. The third kappa shape index (κ3) is 2.81. The highest BCUT2D eigenvalue weighted by Gasteiger charge is 2.31. The number of carbonyl (C=O) groups is 2. The molecule has 1 aromatic heterocycles. The number of hydrogen-bond donors (Lipinski definition) is 2. The lowest BCUT2D eigenvalue weighted by Crippen LogP contribution is -2.41. The Morgan fingerprint density at radius 3 is 2.76 bits per heavy atom. The van der Waals surface area contributed by atoms with Crippen molar-refractivity contribution in [3.8, 4) is 0 Å². The minimum Gasteiger partial charge on any atom is -0.344 e. The molecule has 2 aliphatic heterocycles. The van der Waals surface area contributed by atoms with E-state index in [0.29, 0.717) is 24.7 Å². The topological polar surface area (TPSA) is 66.4 Å². The number of piperidine rings is 1. The largest absolute Gasteiger partial charge is 0.344 e. The Morgan fingerprint density at radius 2 is 2.10 bits per heavy atom. The fraction of sp³-hybridized carbons (Fsp3) is 0.600. The third-order valence-electron chi connectivity index (χ3n) is 4.45. The molecule has 2 fully saturated rings. The van der Waals surface area contributed by atoms with Crippen LogP contribution in [0, 0.1) is 0 Å². The van der Waals surface area contributed by atoms with E-state index in [1.165, 1.54) is 0 Å². The van der Waals surface area contributed by atoms with Crippen molar-refractivity contribution in [2.75, 3.05) is 26.7 Å². The minimum absolute atomic E-state index is 0.00308. The normalized spacial score (nSPS) is 23.6. The number of likely N-dealkylation sites (N-methyl/N-ethyl adjacent to an activating group) is 1. The van der Waals surface area contributed by atoms with E-state index in [1.54, 1.807) is 11.9 Å². The Labute approximate surface area is 124 Å². The van der Waals surface area contributed by atoms with Crippen molar-refractivity contribution in [2.45, 2.75) is 31.3 Å². The van der Waals surface area contributed by atoms with E-state index < -0.39 is 0 Å². The fourth-order valence-electron chi connectivity index (χ4n) is 3.18. The van der Waals surface area contributed by atoms with Gasteiger partial charge < -0.3 is 20.1 Å². The van der Waals surface area contributed by atoms with Crippen molar-refractivity contribution in [1.82, 2.24) is 20.1 Å². The number of amides is 2. The second-order valence-electron chi connectivity index (χ2n) is 5.86. The van der Waals surface area contributed by atoms with E-state index in [2.05, 4.69) is 15.2 Å². The zero-order valence-corrected chi connectivity index (χ0v) is 12.3. The maximum Gasteiger partial charge on any atom is 0.268 e.